The number of hydrogen-bond acceptors (Lipinski definition) is 5. The van der Waals surface area contributed by atoms with E-state index in [4.69, 9.17) is 4.74 Å². The summed E-state index contributed by atoms with van der Waals surface area (Å²) < 4.78 is 5.78. The molecule has 1 aromatic heterocycles. The van der Waals surface area contributed by atoms with Crippen LogP contribution in [0.5, 0.6) is 5.75 Å². The summed E-state index contributed by atoms with van der Waals surface area (Å²) >= 11 is 0. The third-order valence-electron chi connectivity index (χ3n) is 6.41. The number of ether oxygens (including phenoxy) is 1. The molecule has 1 aliphatic heterocycles. The van der Waals surface area contributed by atoms with Crippen molar-refractivity contribution in [3.8, 4) is 17.0 Å². The van der Waals surface area contributed by atoms with Crippen LogP contribution in [0.1, 0.15) is 43.0 Å². The molecule has 0 unspecified atom stereocenters. The lowest BCUT2D eigenvalue weighted by Crippen LogP contribution is -2.25. The molecule has 6 nitrogen and oxygen atoms in total. The summed E-state index contributed by atoms with van der Waals surface area (Å²) in [4.78, 5) is 15.7. The molecule has 178 valence electrons. The number of nitrogens with zero attached hydrogens (tertiary/aromatic N) is 3. The Labute approximate surface area is 205 Å². The number of anilines is 2. The van der Waals surface area contributed by atoms with E-state index in [2.05, 4.69) is 20.4 Å². The van der Waals surface area contributed by atoms with Gasteiger partial charge in [0.2, 0.25) is 0 Å². The molecule has 1 fully saturated rings. The Morgan fingerprint density at radius 3 is 2.51 bits per heavy atom. The van der Waals surface area contributed by atoms with Crippen molar-refractivity contribution in [3.05, 3.63) is 78.4 Å². The number of aromatic nitrogens is 2. The Bertz CT molecular complexity index is 1310. The number of benzene rings is 3. The molecule has 1 amide bonds. The molecule has 1 aliphatic rings. The van der Waals surface area contributed by atoms with Gasteiger partial charge in [-0.05, 0) is 60.9 Å². The minimum absolute atomic E-state index is 0.204. The molecule has 6 heteroatoms. The van der Waals surface area contributed by atoms with Gasteiger partial charge in [0.05, 0.1) is 17.9 Å². The van der Waals surface area contributed by atoms with Crippen molar-refractivity contribution >= 4 is 28.2 Å². The molecule has 0 spiro atoms. The van der Waals surface area contributed by atoms with E-state index in [1.807, 2.05) is 79.7 Å². The summed E-state index contributed by atoms with van der Waals surface area (Å²) in [5.41, 5.74) is 2.92. The van der Waals surface area contributed by atoms with Gasteiger partial charge in [0.15, 0.2) is 5.82 Å². The zero-order valence-corrected chi connectivity index (χ0v) is 20.0. The van der Waals surface area contributed by atoms with Crippen LogP contribution in [0, 0.1) is 0 Å². The number of hydrogen-bond donors (Lipinski definition) is 1. The van der Waals surface area contributed by atoms with Crippen molar-refractivity contribution in [2.24, 2.45) is 0 Å². The molecule has 0 atom stereocenters. The summed E-state index contributed by atoms with van der Waals surface area (Å²) in [6.07, 6.45) is 4.97. The summed E-state index contributed by atoms with van der Waals surface area (Å²) in [6.45, 7) is 4.47. The van der Waals surface area contributed by atoms with Crippen LogP contribution in [0.15, 0.2) is 72.8 Å². The monoisotopic (exact) mass is 466 g/mol. The highest BCUT2D eigenvalue weighted by atomic mass is 16.5. The largest absolute Gasteiger partial charge is 0.493 e. The molecule has 0 aliphatic carbocycles. The Morgan fingerprint density at radius 2 is 1.74 bits per heavy atom. The molecule has 2 heterocycles. The molecule has 4 aromatic rings. The van der Waals surface area contributed by atoms with Crippen LogP contribution in [0.3, 0.4) is 0 Å². The lowest BCUT2D eigenvalue weighted by molar-refractivity contribution is 0.102. The van der Waals surface area contributed by atoms with Crippen LogP contribution in [0.2, 0.25) is 0 Å². The number of carbonyl (C=O) groups excluding carboxylic acids is 1. The van der Waals surface area contributed by atoms with Crippen molar-refractivity contribution in [3.63, 3.8) is 0 Å². The topological polar surface area (TPSA) is 67.3 Å². The maximum Gasteiger partial charge on any atom is 0.260 e. The standard InChI is InChI=1S/C29H30N4O2/c1-2-35-26-16-14-21-10-5-6-13-24(21)28(26)29(34)30-23-12-9-11-22(20-23)25-15-17-27(32-31-25)33-18-7-3-4-8-19-33/h5-6,9-17,20H,2-4,7-8,18-19H2,1H3,(H,30,34). The predicted octanol–water partition coefficient (Wildman–Crippen LogP) is 6.33. The number of carbonyl (C=O) groups is 1. The van der Waals surface area contributed by atoms with E-state index >= 15 is 0 Å². The first-order valence-electron chi connectivity index (χ1n) is 12.4. The highest BCUT2D eigenvalue weighted by molar-refractivity contribution is 6.15. The van der Waals surface area contributed by atoms with Crippen LogP contribution < -0.4 is 15.0 Å². The van der Waals surface area contributed by atoms with Gasteiger partial charge in [-0.25, -0.2) is 0 Å². The zero-order valence-electron chi connectivity index (χ0n) is 20.0. The fraction of sp³-hybridized carbons (Fsp3) is 0.276. The summed E-state index contributed by atoms with van der Waals surface area (Å²) in [7, 11) is 0. The molecule has 1 N–H and O–H groups in total. The van der Waals surface area contributed by atoms with Gasteiger partial charge in [-0.15, -0.1) is 10.2 Å². The summed E-state index contributed by atoms with van der Waals surface area (Å²) in [5, 5.41) is 13.9. The van der Waals surface area contributed by atoms with E-state index in [9.17, 15) is 4.79 Å². The third-order valence-corrected chi connectivity index (χ3v) is 6.41. The Kier molecular flexibility index (Phi) is 6.89. The molecule has 0 radical (unpaired) electrons. The van der Waals surface area contributed by atoms with Crippen molar-refractivity contribution in [1.82, 2.24) is 10.2 Å². The number of nitrogens with one attached hydrogen (secondary N) is 1. The lowest BCUT2D eigenvalue weighted by atomic mass is 10.0. The fourth-order valence-corrected chi connectivity index (χ4v) is 4.66. The van der Waals surface area contributed by atoms with Gasteiger partial charge in [0, 0.05) is 24.3 Å². The van der Waals surface area contributed by atoms with Gasteiger partial charge >= 0.3 is 0 Å². The summed E-state index contributed by atoms with van der Waals surface area (Å²) in [6, 6.07) is 23.4. The summed E-state index contributed by atoms with van der Waals surface area (Å²) in [5.74, 6) is 1.30. The number of rotatable bonds is 6. The van der Waals surface area contributed by atoms with Gasteiger partial charge in [-0.2, -0.15) is 0 Å². The van der Waals surface area contributed by atoms with Gasteiger partial charge in [-0.1, -0.05) is 55.3 Å². The van der Waals surface area contributed by atoms with E-state index in [0.29, 0.717) is 23.6 Å². The first kappa shape index (κ1) is 22.8. The van der Waals surface area contributed by atoms with Crippen LogP contribution in [-0.2, 0) is 0 Å². The van der Waals surface area contributed by atoms with Gasteiger partial charge in [-0.3, -0.25) is 4.79 Å². The molecule has 5 rings (SSSR count). The Hall–Kier alpha value is -3.93. The van der Waals surface area contributed by atoms with Crippen molar-refractivity contribution in [2.75, 3.05) is 29.9 Å². The normalized spacial score (nSPS) is 13.9. The van der Waals surface area contributed by atoms with Gasteiger partial charge in [0.1, 0.15) is 5.75 Å². The molecular formula is C29H30N4O2. The maximum absolute atomic E-state index is 13.4. The van der Waals surface area contributed by atoms with Crippen molar-refractivity contribution < 1.29 is 9.53 Å². The molecule has 3 aromatic carbocycles. The molecule has 0 saturated carbocycles. The minimum atomic E-state index is -0.204. The molecule has 35 heavy (non-hydrogen) atoms. The minimum Gasteiger partial charge on any atom is -0.493 e. The van der Waals surface area contributed by atoms with Crippen molar-refractivity contribution in [1.29, 1.82) is 0 Å². The fourth-order valence-electron chi connectivity index (χ4n) is 4.66. The lowest BCUT2D eigenvalue weighted by Gasteiger charge is -2.20. The van der Waals surface area contributed by atoms with Crippen LogP contribution >= 0.6 is 0 Å². The van der Waals surface area contributed by atoms with Crippen LogP contribution in [0.4, 0.5) is 11.5 Å². The number of amides is 1. The average molecular weight is 467 g/mol. The Morgan fingerprint density at radius 1 is 0.914 bits per heavy atom. The molecular weight excluding hydrogens is 436 g/mol. The third kappa shape index (κ3) is 5.11. The highest BCUT2D eigenvalue weighted by Gasteiger charge is 2.17. The second-order valence-corrected chi connectivity index (χ2v) is 8.81. The second kappa shape index (κ2) is 10.6. The van der Waals surface area contributed by atoms with Gasteiger partial charge < -0.3 is 15.0 Å². The first-order valence-corrected chi connectivity index (χ1v) is 12.4. The SMILES string of the molecule is CCOc1ccc2ccccc2c1C(=O)Nc1cccc(-c2ccc(N3CCCCCC3)nn2)c1. The van der Waals surface area contributed by atoms with Crippen LogP contribution in [0.25, 0.3) is 22.0 Å². The van der Waals surface area contributed by atoms with E-state index in [1.54, 1.807) is 0 Å². The van der Waals surface area contributed by atoms with Crippen molar-refractivity contribution in [2.45, 2.75) is 32.6 Å². The zero-order chi connectivity index (χ0) is 24.0. The average Bonchev–Trinajstić information content (AvgIpc) is 3.19. The van der Waals surface area contributed by atoms with E-state index in [-0.39, 0.29) is 5.91 Å². The van der Waals surface area contributed by atoms with E-state index < -0.39 is 0 Å². The number of fused-ring (bicyclic) bond motifs is 1. The maximum atomic E-state index is 13.4. The second-order valence-electron chi connectivity index (χ2n) is 8.81. The molecule has 1 saturated heterocycles. The first-order chi connectivity index (χ1) is 17.2. The quantitative estimate of drug-likeness (QED) is 0.360. The van der Waals surface area contributed by atoms with E-state index in [0.717, 1.165) is 40.9 Å². The molecule has 0 bridgehead atoms. The highest BCUT2D eigenvalue weighted by Crippen LogP contribution is 2.30. The predicted molar refractivity (Wildman–Crippen MR) is 141 cm³/mol. The van der Waals surface area contributed by atoms with Gasteiger partial charge in [0.25, 0.3) is 5.91 Å². The smallest absolute Gasteiger partial charge is 0.260 e. The Balaban J connectivity index is 1.38. The van der Waals surface area contributed by atoms with Crippen LogP contribution in [-0.4, -0.2) is 35.8 Å². The van der Waals surface area contributed by atoms with E-state index in [1.165, 1.54) is 25.7 Å².